The quantitative estimate of drug-likeness (QED) is 0.787. The van der Waals surface area contributed by atoms with Crippen LogP contribution in [0.4, 0.5) is 0 Å². The fraction of sp³-hybridized carbons (Fsp3) is 0.273. The van der Waals surface area contributed by atoms with Gasteiger partial charge in [-0.15, -0.1) is 0 Å². The van der Waals surface area contributed by atoms with Crippen molar-refractivity contribution in [1.82, 2.24) is 19.5 Å². The number of aromatic nitrogens is 4. The van der Waals surface area contributed by atoms with Crippen molar-refractivity contribution in [3.8, 4) is 0 Å². The minimum Gasteiger partial charge on any atom is -0.395 e. The first-order chi connectivity index (χ1) is 8.67. The lowest BCUT2D eigenvalue weighted by molar-refractivity contribution is 0.0997. The third-order valence-electron chi connectivity index (χ3n) is 2.37. The van der Waals surface area contributed by atoms with Gasteiger partial charge in [-0.05, 0) is 13.0 Å². The number of primary amides is 1. The molecule has 0 saturated carbocycles. The molecule has 0 fully saturated rings. The number of amides is 1. The molecule has 7 nitrogen and oxygen atoms in total. The summed E-state index contributed by atoms with van der Waals surface area (Å²) in [4.78, 5) is 23.7. The maximum Gasteiger partial charge on any atom is 0.269 e. The summed E-state index contributed by atoms with van der Waals surface area (Å²) in [5.41, 5.74) is 6.20. The van der Waals surface area contributed by atoms with Crippen molar-refractivity contribution in [3.63, 3.8) is 0 Å². The fourth-order valence-corrected chi connectivity index (χ4v) is 1.63. The number of rotatable bonds is 4. The van der Waals surface area contributed by atoms with Crippen molar-refractivity contribution in [2.75, 3.05) is 6.61 Å². The van der Waals surface area contributed by atoms with Crippen LogP contribution in [0.5, 0.6) is 0 Å². The van der Waals surface area contributed by atoms with Gasteiger partial charge in [-0.3, -0.25) is 4.79 Å². The molecule has 94 valence electrons. The molecule has 1 amide bonds. The molecule has 0 saturated heterocycles. The number of carbonyl (C=O) groups excluding carboxylic acids is 1. The largest absolute Gasteiger partial charge is 0.395 e. The number of aliphatic hydroxyl groups excluding tert-OH is 1. The summed E-state index contributed by atoms with van der Waals surface area (Å²) in [5.74, 6) is -0.263. The van der Waals surface area contributed by atoms with Gasteiger partial charge in [-0.1, -0.05) is 6.08 Å². The average molecular weight is 247 g/mol. The molecule has 0 atom stereocenters. The second kappa shape index (κ2) is 4.92. The molecular formula is C11H13N5O2. The first kappa shape index (κ1) is 12.2. The van der Waals surface area contributed by atoms with Crippen molar-refractivity contribution in [1.29, 1.82) is 0 Å². The lowest BCUT2D eigenvalue weighted by atomic mass is 10.3. The van der Waals surface area contributed by atoms with E-state index < -0.39 is 5.91 Å². The van der Waals surface area contributed by atoms with Crippen molar-refractivity contribution >= 4 is 23.1 Å². The van der Waals surface area contributed by atoms with Gasteiger partial charge >= 0.3 is 0 Å². The van der Waals surface area contributed by atoms with Crippen molar-refractivity contribution in [2.45, 2.75) is 13.5 Å². The van der Waals surface area contributed by atoms with Gasteiger partial charge in [0.05, 0.1) is 12.9 Å². The van der Waals surface area contributed by atoms with E-state index in [1.807, 2.05) is 6.92 Å². The minimum atomic E-state index is -0.651. The van der Waals surface area contributed by atoms with Crippen LogP contribution in [0.3, 0.4) is 0 Å². The van der Waals surface area contributed by atoms with Gasteiger partial charge in [0.1, 0.15) is 5.52 Å². The zero-order valence-electron chi connectivity index (χ0n) is 9.87. The van der Waals surface area contributed by atoms with E-state index in [4.69, 9.17) is 10.8 Å². The van der Waals surface area contributed by atoms with Crippen LogP contribution in [0, 0.1) is 0 Å². The SMILES string of the molecule is C/C=C/c1nc(C(N)=O)c2ncn(CCO)c2n1. The number of allylic oxidation sites excluding steroid dienone is 1. The maximum absolute atomic E-state index is 11.3. The van der Waals surface area contributed by atoms with E-state index in [-0.39, 0.29) is 12.3 Å². The molecule has 2 aromatic rings. The predicted octanol–water partition coefficient (Wildman–Crippen LogP) is -0.0494. The number of imidazole rings is 1. The summed E-state index contributed by atoms with van der Waals surface area (Å²) >= 11 is 0. The summed E-state index contributed by atoms with van der Waals surface area (Å²) < 4.78 is 1.65. The zero-order valence-corrected chi connectivity index (χ0v) is 9.87. The summed E-state index contributed by atoms with van der Waals surface area (Å²) in [6.45, 7) is 2.13. The van der Waals surface area contributed by atoms with Crippen molar-refractivity contribution in [3.05, 3.63) is 23.9 Å². The Hall–Kier alpha value is -2.28. The topological polar surface area (TPSA) is 107 Å². The Kier molecular flexibility index (Phi) is 3.33. The second-order valence-corrected chi connectivity index (χ2v) is 3.63. The Morgan fingerprint density at radius 1 is 1.56 bits per heavy atom. The maximum atomic E-state index is 11.3. The molecule has 2 aromatic heterocycles. The van der Waals surface area contributed by atoms with Crippen LogP contribution in [-0.4, -0.2) is 37.1 Å². The molecule has 0 aliphatic carbocycles. The molecule has 2 rings (SSSR count). The number of nitrogens with two attached hydrogens (primary N) is 1. The molecule has 7 heteroatoms. The summed E-state index contributed by atoms with van der Waals surface area (Å²) in [5, 5.41) is 8.95. The third kappa shape index (κ3) is 2.07. The Balaban J connectivity index is 2.70. The first-order valence-electron chi connectivity index (χ1n) is 5.43. The average Bonchev–Trinajstić information content (AvgIpc) is 2.72. The number of hydrogen-bond donors (Lipinski definition) is 2. The molecule has 2 heterocycles. The normalized spacial score (nSPS) is 11.4. The van der Waals surface area contributed by atoms with E-state index in [1.54, 1.807) is 16.7 Å². The van der Waals surface area contributed by atoms with Crippen molar-refractivity contribution < 1.29 is 9.90 Å². The third-order valence-corrected chi connectivity index (χ3v) is 2.37. The summed E-state index contributed by atoms with van der Waals surface area (Å²) in [6.07, 6.45) is 4.93. The van der Waals surface area contributed by atoms with Crippen LogP contribution < -0.4 is 5.73 Å². The smallest absolute Gasteiger partial charge is 0.269 e. The highest BCUT2D eigenvalue weighted by Crippen LogP contribution is 2.14. The molecule has 0 bridgehead atoms. The molecule has 18 heavy (non-hydrogen) atoms. The molecule has 0 unspecified atom stereocenters. The molecule has 3 N–H and O–H groups in total. The van der Waals surface area contributed by atoms with Crippen LogP contribution in [0.15, 0.2) is 12.4 Å². The van der Waals surface area contributed by atoms with Crippen LogP contribution in [0.25, 0.3) is 17.2 Å². The van der Waals surface area contributed by atoms with Crippen LogP contribution >= 0.6 is 0 Å². The van der Waals surface area contributed by atoms with Gasteiger partial charge in [0.25, 0.3) is 5.91 Å². The van der Waals surface area contributed by atoms with Crippen LogP contribution in [-0.2, 0) is 6.54 Å². The monoisotopic (exact) mass is 247 g/mol. The highest BCUT2D eigenvalue weighted by Gasteiger charge is 2.15. The zero-order chi connectivity index (χ0) is 13.1. The van der Waals surface area contributed by atoms with Gasteiger partial charge in [-0.25, -0.2) is 15.0 Å². The Morgan fingerprint density at radius 3 is 2.94 bits per heavy atom. The van der Waals surface area contributed by atoms with Crippen LogP contribution in [0.1, 0.15) is 23.2 Å². The first-order valence-corrected chi connectivity index (χ1v) is 5.43. The lowest BCUT2D eigenvalue weighted by Gasteiger charge is -2.02. The lowest BCUT2D eigenvalue weighted by Crippen LogP contribution is -2.15. The Morgan fingerprint density at radius 2 is 2.33 bits per heavy atom. The summed E-state index contributed by atoms with van der Waals surface area (Å²) in [6, 6.07) is 0. The molecule has 0 aromatic carbocycles. The second-order valence-electron chi connectivity index (χ2n) is 3.63. The van der Waals surface area contributed by atoms with Gasteiger partial charge in [-0.2, -0.15) is 0 Å². The number of fused-ring (bicyclic) bond motifs is 1. The molecule has 0 aliphatic rings. The Bertz CT molecular complexity index is 617. The minimum absolute atomic E-state index is 0.0414. The number of aliphatic hydroxyl groups is 1. The van der Waals surface area contributed by atoms with Gasteiger partial charge in [0.15, 0.2) is 17.2 Å². The van der Waals surface area contributed by atoms with Gasteiger partial charge < -0.3 is 15.4 Å². The van der Waals surface area contributed by atoms with E-state index in [2.05, 4.69) is 15.0 Å². The molecule has 0 spiro atoms. The molecule has 0 radical (unpaired) electrons. The molecule has 0 aliphatic heterocycles. The highest BCUT2D eigenvalue weighted by atomic mass is 16.3. The summed E-state index contributed by atoms with van der Waals surface area (Å²) in [7, 11) is 0. The predicted molar refractivity (Wildman–Crippen MR) is 65.6 cm³/mol. The number of nitrogens with zero attached hydrogens (tertiary/aromatic N) is 4. The van der Waals surface area contributed by atoms with E-state index in [0.29, 0.717) is 23.5 Å². The van der Waals surface area contributed by atoms with E-state index in [0.717, 1.165) is 0 Å². The van der Waals surface area contributed by atoms with Crippen LogP contribution in [0.2, 0.25) is 0 Å². The van der Waals surface area contributed by atoms with Gasteiger partial charge in [0.2, 0.25) is 0 Å². The highest BCUT2D eigenvalue weighted by molar-refractivity contribution is 6.01. The standard InChI is InChI=1S/C11H13N5O2/c1-2-3-7-14-8(10(12)18)9-11(15-7)16(4-5-17)6-13-9/h2-3,6,17H,4-5H2,1H3,(H2,12,18)/b3-2+. The Labute approximate surface area is 103 Å². The molecular weight excluding hydrogens is 234 g/mol. The van der Waals surface area contributed by atoms with Crippen molar-refractivity contribution in [2.24, 2.45) is 5.73 Å². The number of carbonyl (C=O) groups is 1. The van der Waals surface area contributed by atoms with Gasteiger partial charge in [0, 0.05) is 6.54 Å². The van der Waals surface area contributed by atoms with E-state index in [9.17, 15) is 4.79 Å². The van der Waals surface area contributed by atoms with E-state index >= 15 is 0 Å². The number of hydrogen-bond acceptors (Lipinski definition) is 5. The van der Waals surface area contributed by atoms with E-state index in [1.165, 1.54) is 6.33 Å². The fourth-order valence-electron chi connectivity index (χ4n) is 1.63.